The average molecular weight is 675 g/mol. The van der Waals surface area contributed by atoms with E-state index in [0.717, 1.165) is 49.4 Å². The maximum absolute atomic E-state index is 9.85. The third-order valence-electron chi connectivity index (χ3n) is 13.1. The van der Waals surface area contributed by atoms with Gasteiger partial charge in [0.15, 0.2) is 0 Å². The van der Waals surface area contributed by atoms with Crippen molar-refractivity contribution in [2.24, 2.45) is 53.3 Å². The Morgan fingerprint density at radius 3 is 1.21 bits per heavy atom. The lowest BCUT2D eigenvalue weighted by Crippen LogP contribution is -2.36. The molecule has 4 heteroatoms. The normalized spacial score (nSPS) is 33.5. The first-order valence-corrected chi connectivity index (χ1v) is 19.6. The van der Waals surface area contributed by atoms with Crippen LogP contribution in [0.3, 0.4) is 0 Å². The Hall–Kier alpha value is -0.940. The van der Waals surface area contributed by atoms with E-state index >= 15 is 0 Å². The molecule has 4 aliphatic rings. The number of aliphatic hydroxyl groups is 4. The van der Waals surface area contributed by atoms with E-state index in [1.807, 2.05) is 55.4 Å². The predicted octanol–water partition coefficient (Wildman–Crippen LogP) is 11.1. The zero-order chi connectivity index (χ0) is 37.4. The monoisotopic (exact) mass is 675 g/mol. The average Bonchev–Trinajstić information content (AvgIpc) is 2.93. The number of rotatable bonds is 4. The van der Waals surface area contributed by atoms with Crippen molar-refractivity contribution in [1.29, 1.82) is 0 Å². The third kappa shape index (κ3) is 15.5. The first-order chi connectivity index (χ1) is 21.6. The van der Waals surface area contributed by atoms with Crippen LogP contribution in [-0.4, -0.2) is 42.8 Å². The van der Waals surface area contributed by atoms with Gasteiger partial charge in [-0.05, 0) is 173 Å². The second-order valence-corrected chi connectivity index (χ2v) is 19.2. The molecule has 0 aliphatic heterocycles. The van der Waals surface area contributed by atoms with Gasteiger partial charge >= 0.3 is 0 Å². The van der Waals surface area contributed by atoms with Crippen molar-refractivity contribution in [3.8, 4) is 0 Å². The van der Waals surface area contributed by atoms with Gasteiger partial charge in [0.1, 0.15) is 0 Å². The van der Waals surface area contributed by atoms with Gasteiger partial charge in [0.2, 0.25) is 0 Å². The molecule has 0 amide bonds. The Bertz CT molecular complexity index is 974. The molecule has 0 aromatic carbocycles. The molecule has 3 fully saturated rings. The first-order valence-electron chi connectivity index (χ1n) is 19.6. The van der Waals surface area contributed by atoms with Gasteiger partial charge in [-0.3, -0.25) is 0 Å². The Labute approximate surface area is 299 Å². The maximum Gasteiger partial charge on any atom is 0.0625 e. The fourth-order valence-electron chi connectivity index (χ4n) is 7.80. The van der Waals surface area contributed by atoms with Crippen LogP contribution in [0, 0.1) is 53.3 Å². The van der Waals surface area contributed by atoms with Crippen LogP contribution in [0.15, 0.2) is 36.0 Å². The number of hydrogen-bond donors (Lipinski definition) is 4. The fourth-order valence-corrected chi connectivity index (χ4v) is 7.80. The number of allylic oxidation sites excluding steroid dienone is 4. The molecule has 4 N–H and O–H groups in total. The minimum absolute atomic E-state index is 0.341. The van der Waals surface area contributed by atoms with Crippen molar-refractivity contribution in [2.75, 3.05) is 0 Å². The highest BCUT2D eigenvalue weighted by Gasteiger charge is 2.35. The molecule has 0 spiro atoms. The molecule has 4 aliphatic carbocycles. The summed E-state index contributed by atoms with van der Waals surface area (Å²) in [6.07, 6.45) is 14.8. The summed E-state index contributed by atoms with van der Waals surface area (Å²) in [5.41, 5.74) is 1.75. The van der Waals surface area contributed by atoms with Gasteiger partial charge in [0, 0.05) is 0 Å². The Balaban J connectivity index is 0.000000320. The van der Waals surface area contributed by atoms with Crippen LogP contribution in [0.25, 0.3) is 0 Å². The van der Waals surface area contributed by atoms with Gasteiger partial charge in [-0.1, -0.05) is 83.4 Å². The maximum atomic E-state index is 9.85. The summed E-state index contributed by atoms with van der Waals surface area (Å²) in [5.74, 6) is 5.73. The predicted molar refractivity (Wildman–Crippen MR) is 208 cm³/mol. The van der Waals surface area contributed by atoms with Crippen LogP contribution in [-0.2, 0) is 0 Å². The van der Waals surface area contributed by atoms with Gasteiger partial charge in [0.05, 0.1) is 22.4 Å². The van der Waals surface area contributed by atoms with Crippen molar-refractivity contribution in [1.82, 2.24) is 0 Å². The summed E-state index contributed by atoms with van der Waals surface area (Å²) in [5, 5.41) is 39.3. The molecular weight excluding hydrogens is 592 g/mol. The summed E-state index contributed by atoms with van der Waals surface area (Å²) in [6, 6.07) is 0. The Kier molecular flexibility index (Phi) is 17.4. The van der Waals surface area contributed by atoms with E-state index in [1.165, 1.54) is 61.7 Å². The molecule has 0 aromatic rings. The Morgan fingerprint density at radius 2 is 0.896 bits per heavy atom. The summed E-state index contributed by atoms with van der Waals surface area (Å²) in [4.78, 5) is 0. The van der Waals surface area contributed by atoms with E-state index < -0.39 is 22.4 Å². The zero-order valence-corrected chi connectivity index (χ0v) is 34.3. The second kappa shape index (κ2) is 18.5. The topological polar surface area (TPSA) is 80.9 Å². The van der Waals surface area contributed by atoms with E-state index in [2.05, 4.69) is 60.8 Å². The van der Waals surface area contributed by atoms with Gasteiger partial charge in [-0.25, -0.2) is 0 Å². The highest BCUT2D eigenvalue weighted by atomic mass is 16.3. The lowest BCUT2D eigenvalue weighted by Gasteiger charge is -2.38. The second-order valence-electron chi connectivity index (χ2n) is 19.2. The molecule has 4 nitrogen and oxygen atoms in total. The van der Waals surface area contributed by atoms with E-state index in [1.54, 1.807) is 0 Å². The highest BCUT2D eigenvalue weighted by molar-refractivity contribution is 5.30. The molecule has 282 valence electrons. The van der Waals surface area contributed by atoms with Crippen LogP contribution in [0.2, 0.25) is 0 Å². The van der Waals surface area contributed by atoms with E-state index in [0.29, 0.717) is 29.6 Å². The molecular formula is C44H82O4. The van der Waals surface area contributed by atoms with Gasteiger partial charge in [-0.15, -0.1) is 0 Å². The smallest absolute Gasteiger partial charge is 0.0625 e. The zero-order valence-electron chi connectivity index (χ0n) is 34.3. The number of hydrogen-bond acceptors (Lipinski definition) is 4. The van der Waals surface area contributed by atoms with Crippen LogP contribution in [0.5, 0.6) is 0 Å². The van der Waals surface area contributed by atoms with Crippen molar-refractivity contribution >= 4 is 0 Å². The molecule has 3 saturated carbocycles. The van der Waals surface area contributed by atoms with Crippen LogP contribution in [0.1, 0.15) is 168 Å². The van der Waals surface area contributed by atoms with E-state index in [-0.39, 0.29) is 0 Å². The quantitative estimate of drug-likeness (QED) is 0.224. The van der Waals surface area contributed by atoms with Gasteiger partial charge < -0.3 is 20.4 Å². The lowest BCUT2D eigenvalue weighted by atomic mass is 9.70. The molecule has 0 radical (unpaired) electrons. The standard InChI is InChI=1S/2C11H22O.C11H20O.C11H18O/c4*1-8-5-6-10(7-9(8)2)11(3,4)12/h2*8-10,12H,5-7H2,1-4H3;8,10,12H,2,5-7H2,1,3-4H3;5,10,12H,2,6-7H2,1,3-4H3/t8-,9+,10-;8-,9-,10+;;/m01../s1. The highest BCUT2D eigenvalue weighted by Crippen LogP contribution is 2.40. The first kappa shape index (κ1) is 45.1. The molecule has 48 heavy (non-hydrogen) atoms. The molecule has 3 unspecified atom stereocenters. The molecule has 4 rings (SSSR count). The summed E-state index contributed by atoms with van der Waals surface area (Å²) < 4.78 is 0. The van der Waals surface area contributed by atoms with Crippen LogP contribution < -0.4 is 0 Å². The van der Waals surface area contributed by atoms with Crippen LogP contribution in [0.4, 0.5) is 0 Å². The molecule has 0 aromatic heterocycles. The summed E-state index contributed by atoms with van der Waals surface area (Å²) in [7, 11) is 0. The van der Waals surface area contributed by atoms with Crippen molar-refractivity contribution in [3.63, 3.8) is 0 Å². The lowest BCUT2D eigenvalue weighted by molar-refractivity contribution is -0.0169. The molecule has 0 bridgehead atoms. The molecule has 9 atom stereocenters. The summed E-state index contributed by atoms with van der Waals surface area (Å²) in [6.45, 7) is 36.9. The van der Waals surface area contributed by atoms with Gasteiger partial charge in [-0.2, -0.15) is 0 Å². The van der Waals surface area contributed by atoms with Crippen molar-refractivity contribution in [2.45, 2.75) is 190 Å². The third-order valence-corrected chi connectivity index (χ3v) is 13.1. The van der Waals surface area contributed by atoms with Gasteiger partial charge in [0.25, 0.3) is 0 Å². The fraction of sp³-hybridized carbons (Fsp3) is 0.864. The van der Waals surface area contributed by atoms with E-state index in [9.17, 15) is 20.4 Å². The molecule has 0 heterocycles. The molecule has 0 saturated heterocycles. The van der Waals surface area contributed by atoms with Crippen molar-refractivity contribution < 1.29 is 20.4 Å². The van der Waals surface area contributed by atoms with Crippen LogP contribution >= 0.6 is 0 Å². The minimum Gasteiger partial charge on any atom is -0.390 e. The van der Waals surface area contributed by atoms with E-state index in [4.69, 9.17) is 0 Å². The minimum atomic E-state index is -0.569. The van der Waals surface area contributed by atoms with Crippen molar-refractivity contribution in [3.05, 3.63) is 36.0 Å². The SMILES string of the molecule is C=C1CC(C(C)(C)O)CC=C1C.C=C1CC(C(C)(C)O)CCC1C.C[C@@H]1CC[C@H](C(C)(C)O)C[C@H]1C.C[C@@H]1C[C@@H](C(C)(C)O)CC[C@@H]1C. The largest absolute Gasteiger partial charge is 0.390 e. The Morgan fingerprint density at radius 1 is 0.521 bits per heavy atom. The summed E-state index contributed by atoms with van der Waals surface area (Å²) >= 11 is 0.